The zero-order chi connectivity index (χ0) is 7.98. The number of carboxylic acids is 1. The van der Waals surface area contributed by atoms with Gasteiger partial charge in [-0.25, -0.2) is 0 Å². The quantitative estimate of drug-likeness (QED) is 0.463. The molecule has 0 saturated heterocycles. The van der Waals surface area contributed by atoms with Crippen molar-refractivity contribution >= 4 is 5.97 Å². The molecule has 0 saturated carbocycles. The zero-order valence-electron chi connectivity index (χ0n) is 6.72. The van der Waals surface area contributed by atoms with Gasteiger partial charge >= 0.3 is 5.97 Å². The van der Waals surface area contributed by atoms with E-state index in [0.717, 1.165) is 12.8 Å². The molecule has 0 aliphatic carbocycles. The van der Waals surface area contributed by atoms with E-state index in [0.29, 0.717) is 13.0 Å². The van der Waals surface area contributed by atoms with E-state index < -0.39 is 12.0 Å². The Morgan fingerprint density at radius 2 is 1.92 bits per heavy atom. The van der Waals surface area contributed by atoms with Crippen LogP contribution in [-0.2, 0) is 27.2 Å². The maximum Gasteiger partial charge on any atom is 0.320 e. The number of rotatable bonds is 5. The van der Waals surface area contributed by atoms with Gasteiger partial charge in [0.1, 0.15) is 6.04 Å². The van der Waals surface area contributed by atoms with Crippen LogP contribution < -0.4 is 11.5 Å². The van der Waals surface area contributed by atoms with Crippen LogP contribution in [0.4, 0.5) is 0 Å². The van der Waals surface area contributed by atoms with Crippen LogP contribution in [0, 0.1) is 7.43 Å². The Morgan fingerprint density at radius 1 is 1.42 bits per heavy atom. The molecule has 0 rings (SSSR count). The summed E-state index contributed by atoms with van der Waals surface area (Å²) in [6.07, 6.45) is 2.16. The minimum atomic E-state index is -0.933. The van der Waals surface area contributed by atoms with Gasteiger partial charge in [0, 0.05) is 29.8 Å². The van der Waals surface area contributed by atoms with Crippen LogP contribution in [0.15, 0.2) is 0 Å². The summed E-state index contributed by atoms with van der Waals surface area (Å²) in [4.78, 5) is 10.1. The standard InChI is InChI=1S/C6H14N2O2.C.Au/c7-4-2-1-3-5(8)6(9)10;;/h5H,1-4,7-8H2,(H,9,10);;/t5-;;/m0../s1. The number of carboxylic acid groups (broad SMARTS) is 1. The van der Waals surface area contributed by atoms with Gasteiger partial charge in [0.15, 0.2) is 0 Å². The Kier molecular flexibility index (Phi) is 16.7. The van der Waals surface area contributed by atoms with Gasteiger partial charge in [-0.1, -0.05) is 6.42 Å². The van der Waals surface area contributed by atoms with Crippen LogP contribution in [0.25, 0.3) is 0 Å². The SMILES string of the molecule is NCCCC[C@H](N)C(=O)O.[Au].[C]. The second kappa shape index (κ2) is 11.1. The van der Waals surface area contributed by atoms with Gasteiger partial charge in [-0.05, 0) is 19.4 Å². The van der Waals surface area contributed by atoms with Crippen LogP contribution in [0.5, 0.6) is 0 Å². The van der Waals surface area contributed by atoms with Gasteiger partial charge < -0.3 is 16.6 Å². The molecule has 0 aliphatic rings. The minimum Gasteiger partial charge on any atom is -0.480 e. The number of hydrogen-bond acceptors (Lipinski definition) is 3. The molecule has 75 valence electrons. The molecule has 1 atom stereocenters. The van der Waals surface area contributed by atoms with Crippen molar-refractivity contribution in [1.29, 1.82) is 0 Å². The summed E-state index contributed by atoms with van der Waals surface area (Å²) in [5.41, 5.74) is 10.4. The van der Waals surface area contributed by atoms with E-state index in [9.17, 15) is 4.79 Å². The molecule has 5 heteroatoms. The van der Waals surface area contributed by atoms with Crippen molar-refractivity contribution in [1.82, 2.24) is 0 Å². The predicted molar refractivity (Wildman–Crippen MR) is 41.8 cm³/mol. The van der Waals surface area contributed by atoms with Crippen LogP contribution in [0.3, 0.4) is 0 Å². The first kappa shape index (κ1) is 18.0. The molecule has 0 unspecified atom stereocenters. The molecule has 4 nitrogen and oxygen atoms in total. The van der Waals surface area contributed by atoms with Crippen LogP contribution >= 0.6 is 0 Å². The number of unbranched alkanes of at least 4 members (excludes halogenated alkanes) is 1. The van der Waals surface area contributed by atoms with E-state index in [1.54, 1.807) is 0 Å². The Morgan fingerprint density at radius 3 is 2.25 bits per heavy atom. The van der Waals surface area contributed by atoms with Crippen LogP contribution in [0.1, 0.15) is 19.3 Å². The fraction of sp³-hybridized carbons (Fsp3) is 0.714. The molecule has 5 N–H and O–H groups in total. The van der Waals surface area contributed by atoms with Crippen molar-refractivity contribution in [3.05, 3.63) is 7.43 Å². The second-order valence-electron chi connectivity index (χ2n) is 2.23. The van der Waals surface area contributed by atoms with Gasteiger partial charge in [0.2, 0.25) is 0 Å². The van der Waals surface area contributed by atoms with Crippen molar-refractivity contribution in [3.8, 4) is 0 Å². The average molecular weight is 355 g/mol. The average Bonchev–Trinajstić information content (AvgIpc) is 1.88. The Labute approximate surface area is 89.2 Å². The fourth-order valence-electron chi connectivity index (χ4n) is 0.632. The Bertz CT molecular complexity index is 112. The fourth-order valence-corrected chi connectivity index (χ4v) is 0.632. The molecule has 12 heavy (non-hydrogen) atoms. The summed E-state index contributed by atoms with van der Waals surface area (Å²) in [6.45, 7) is 0.604. The number of carbonyl (C=O) groups is 1. The summed E-state index contributed by atoms with van der Waals surface area (Å²) in [7, 11) is 0. The van der Waals surface area contributed by atoms with Crippen molar-refractivity contribution in [3.63, 3.8) is 0 Å². The predicted octanol–water partition coefficient (Wildman–Crippen LogP) is -0.394. The summed E-state index contributed by atoms with van der Waals surface area (Å²) in [5.74, 6) is -0.933. The topological polar surface area (TPSA) is 89.3 Å². The van der Waals surface area contributed by atoms with Gasteiger partial charge in [0.25, 0.3) is 0 Å². The smallest absolute Gasteiger partial charge is 0.320 e. The molecular formula is C7H14AuN2O2. The molecule has 0 aliphatic heterocycles. The van der Waals surface area contributed by atoms with Crippen LogP contribution in [0.2, 0.25) is 0 Å². The van der Waals surface area contributed by atoms with Gasteiger partial charge in [-0.15, -0.1) is 0 Å². The van der Waals surface area contributed by atoms with E-state index in [1.165, 1.54) is 0 Å². The maximum atomic E-state index is 10.1. The molecule has 0 heterocycles. The maximum absolute atomic E-state index is 10.1. The number of hydrogen-bond donors (Lipinski definition) is 3. The van der Waals surface area contributed by atoms with Gasteiger partial charge in [0.05, 0.1) is 0 Å². The summed E-state index contributed by atoms with van der Waals surface area (Å²) >= 11 is 0. The van der Waals surface area contributed by atoms with E-state index in [4.69, 9.17) is 16.6 Å². The monoisotopic (exact) mass is 355 g/mol. The third kappa shape index (κ3) is 10.1. The molecule has 0 spiro atoms. The molecule has 0 aromatic heterocycles. The normalized spacial score (nSPS) is 10.8. The Hall–Kier alpha value is 0.130. The Balaban J connectivity index is -0.000000405. The molecule has 0 bridgehead atoms. The van der Waals surface area contributed by atoms with Crippen LogP contribution in [-0.4, -0.2) is 23.7 Å². The van der Waals surface area contributed by atoms with E-state index in [1.807, 2.05) is 0 Å². The van der Waals surface area contributed by atoms with E-state index in [-0.39, 0.29) is 29.8 Å². The largest absolute Gasteiger partial charge is 0.480 e. The van der Waals surface area contributed by atoms with Crippen molar-refractivity contribution in [2.24, 2.45) is 11.5 Å². The third-order valence-corrected chi connectivity index (χ3v) is 1.29. The van der Waals surface area contributed by atoms with E-state index >= 15 is 0 Å². The zero-order valence-corrected chi connectivity index (χ0v) is 8.88. The summed E-state index contributed by atoms with van der Waals surface area (Å²) in [5, 5.41) is 8.33. The molecule has 0 amide bonds. The molecular weight excluding hydrogens is 341 g/mol. The summed E-state index contributed by atoms with van der Waals surface area (Å²) < 4.78 is 0. The van der Waals surface area contributed by atoms with Crippen molar-refractivity contribution in [2.45, 2.75) is 25.3 Å². The van der Waals surface area contributed by atoms with Gasteiger partial charge in [-0.3, -0.25) is 4.79 Å². The van der Waals surface area contributed by atoms with Crippen molar-refractivity contribution < 1.29 is 32.3 Å². The first-order chi connectivity index (χ1) is 4.68. The second-order valence-corrected chi connectivity index (χ2v) is 2.23. The number of nitrogens with two attached hydrogens (primary N) is 2. The minimum absolute atomic E-state index is 0. The number of aliphatic carboxylic acids is 1. The first-order valence-corrected chi connectivity index (χ1v) is 3.37. The molecule has 0 aromatic rings. The molecule has 0 fully saturated rings. The van der Waals surface area contributed by atoms with Gasteiger partial charge in [-0.2, -0.15) is 0 Å². The van der Waals surface area contributed by atoms with E-state index in [2.05, 4.69) is 0 Å². The summed E-state index contributed by atoms with van der Waals surface area (Å²) in [6, 6.07) is -0.716. The molecule has 5 radical (unpaired) electrons. The first-order valence-electron chi connectivity index (χ1n) is 3.37. The molecule has 0 aromatic carbocycles. The van der Waals surface area contributed by atoms with Crippen molar-refractivity contribution in [2.75, 3.05) is 6.54 Å². The third-order valence-electron chi connectivity index (χ3n) is 1.29.